The molecule has 0 spiro atoms. The first-order valence-electron chi connectivity index (χ1n) is 10.9. The van der Waals surface area contributed by atoms with Gasteiger partial charge in [0.05, 0.1) is 5.69 Å². The van der Waals surface area contributed by atoms with Crippen molar-refractivity contribution < 1.29 is 0 Å². The van der Waals surface area contributed by atoms with Crippen LogP contribution < -0.4 is 0 Å². The summed E-state index contributed by atoms with van der Waals surface area (Å²) in [5.74, 6) is 0.752. The van der Waals surface area contributed by atoms with Crippen molar-refractivity contribution in [1.29, 1.82) is 0 Å². The van der Waals surface area contributed by atoms with E-state index in [1.54, 1.807) is 0 Å². The van der Waals surface area contributed by atoms with Gasteiger partial charge in [-0.15, -0.1) is 0 Å². The summed E-state index contributed by atoms with van der Waals surface area (Å²) >= 11 is 2.27. The summed E-state index contributed by atoms with van der Waals surface area (Å²) in [6.45, 7) is 0. The molecule has 33 heavy (non-hydrogen) atoms. The first-order valence-corrected chi connectivity index (χ1v) is 12.0. The van der Waals surface area contributed by atoms with Gasteiger partial charge >= 0.3 is 0 Å². The number of benzene rings is 5. The molecule has 0 aliphatic carbocycles. The molecule has 0 aliphatic heterocycles. The molecule has 0 unspecified atom stereocenters. The maximum Gasteiger partial charge on any atom is 0.160 e. The van der Waals surface area contributed by atoms with Gasteiger partial charge in [0.25, 0.3) is 0 Å². The molecule has 6 rings (SSSR count). The van der Waals surface area contributed by atoms with Crippen molar-refractivity contribution in [1.82, 2.24) is 9.97 Å². The minimum Gasteiger partial charge on any atom is -0.228 e. The van der Waals surface area contributed by atoms with Crippen LogP contribution in [0.1, 0.15) is 0 Å². The highest BCUT2D eigenvalue weighted by molar-refractivity contribution is 14.1. The molecule has 1 heterocycles. The lowest BCUT2D eigenvalue weighted by molar-refractivity contribution is 1.15. The van der Waals surface area contributed by atoms with Crippen LogP contribution in [0.15, 0.2) is 115 Å². The van der Waals surface area contributed by atoms with Crippen molar-refractivity contribution in [3.63, 3.8) is 0 Å². The topological polar surface area (TPSA) is 25.8 Å². The maximum absolute atomic E-state index is 4.85. The van der Waals surface area contributed by atoms with Crippen molar-refractivity contribution >= 4 is 44.1 Å². The first kappa shape index (κ1) is 20.1. The van der Waals surface area contributed by atoms with Gasteiger partial charge in [-0.3, -0.25) is 0 Å². The van der Waals surface area contributed by atoms with Crippen LogP contribution in [0.25, 0.3) is 55.3 Å². The Hall–Kier alpha value is -3.57. The Morgan fingerprint density at radius 2 is 1.12 bits per heavy atom. The van der Waals surface area contributed by atoms with E-state index in [0.717, 1.165) is 26.3 Å². The lowest BCUT2D eigenvalue weighted by Crippen LogP contribution is -1.95. The monoisotopic (exact) mass is 534 g/mol. The van der Waals surface area contributed by atoms with Gasteiger partial charge in [0, 0.05) is 11.1 Å². The standard InChI is InChI=1S/C30H19IN2/c31-29-19-28(32-30(33-29)22-8-2-1-3-9-22)21-16-14-20(15-17-21)27-18-23-10-4-5-11-24(23)25-12-6-7-13-26(25)27/h1-19H. The van der Waals surface area contributed by atoms with Crippen LogP contribution in [-0.2, 0) is 0 Å². The van der Waals surface area contributed by atoms with Crippen molar-refractivity contribution in [2.24, 2.45) is 0 Å². The molecule has 5 aromatic carbocycles. The predicted octanol–water partition coefficient (Wildman–Crippen LogP) is 8.39. The van der Waals surface area contributed by atoms with Crippen LogP contribution in [0, 0.1) is 3.70 Å². The lowest BCUT2D eigenvalue weighted by Gasteiger charge is -2.12. The molecule has 0 aliphatic rings. The van der Waals surface area contributed by atoms with E-state index >= 15 is 0 Å². The number of aromatic nitrogens is 2. The van der Waals surface area contributed by atoms with Crippen LogP contribution in [0.4, 0.5) is 0 Å². The third-order valence-corrected chi connectivity index (χ3v) is 6.54. The number of fused-ring (bicyclic) bond motifs is 3. The SMILES string of the molecule is Ic1cc(-c2ccc(-c3cc4ccccc4c4ccccc34)cc2)nc(-c2ccccc2)n1. The molecule has 3 heteroatoms. The van der Waals surface area contributed by atoms with E-state index in [1.165, 1.54) is 32.7 Å². The number of nitrogens with zero attached hydrogens (tertiary/aromatic N) is 2. The first-order chi connectivity index (χ1) is 16.3. The van der Waals surface area contributed by atoms with Gasteiger partial charge in [-0.05, 0) is 67.4 Å². The summed E-state index contributed by atoms with van der Waals surface area (Å²) in [4.78, 5) is 9.48. The largest absolute Gasteiger partial charge is 0.228 e. The Balaban J connectivity index is 1.45. The number of hydrogen-bond acceptors (Lipinski definition) is 2. The number of hydrogen-bond donors (Lipinski definition) is 0. The second-order valence-electron chi connectivity index (χ2n) is 8.03. The normalized spacial score (nSPS) is 11.2. The molecule has 0 radical (unpaired) electrons. The van der Waals surface area contributed by atoms with E-state index in [1.807, 2.05) is 36.4 Å². The molecule has 0 fully saturated rings. The quantitative estimate of drug-likeness (QED) is 0.130. The molecule has 1 aromatic heterocycles. The number of halogens is 1. The highest BCUT2D eigenvalue weighted by atomic mass is 127. The fourth-order valence-electron chi connectivity index (χ4n) is 4.40. The van der Waals surface area contributed by atoms with Crippen LogP contribution in [0.3, 0.4) is 0 Å². The highest BCUT2D eigenvalue weighted by Crippen LogP contribution is 2.35. The Morgan fingerprint density at radius 1 is 0.485 bits per heavy atom. The summed E-state index contributed by atoms with van der Waals surface area (Å²) in [6.07, 6.45) is 0. The molecular weight excluding hydrogens is 515 g/mol. The predicted molar refractivity (Wildman–Crippen MR) is 146 cm³/mol. The van der Waals surface area contributed by atoms with Crippen molar-refractivity contribution in [3.05, 3.63) is 119 Å². The van der Waals surface area contributed by atoms with Gasteiger partial charge in [0.15, 0.2) is 5.82 Å². The second kappa shape index (κ2) is 8.41. The van der Waals surface area contributed by atoms with E-state index in [4.69, 9.17) is 4.98 Å². The van der Waals surface area contributed by atoms with E-state index < -0.39 is 0 Å². The lowest BCUT2D eigenvalue weighted by atomic mass is 9.93. The van der Waals surface area contributed by atoms with Crippen LogP contribution in [0.2, 0.25) is 0 Å². The molecule has 0 bridgehead atoms. The molecule has 0 amide bonds. The highest BCUT2D eigenvalue weighted by Gasteiger charge is 2.10. The summed E-state index contributed by atoms with van der Waals surface area (Å²) < 4.78 is 0.932. The average Bonchev–Trinajstić information content (AvgIpc) is 2.88. The Kier molecular flexibility index (Phi) is 5.11. The Morgan fingerprint density at radius 3 is 1.91 bits per heavy atom. The van der Waals surface area contributed by atoms with Crippen molar-refractivity contribution in [3.8, 4) is 33.8 Å². The smallest absolute Gasteiger partial charge is 0.160 e. The van der Waals surface area contributed by atoms with Crippen LogP contribution in [-0.4, -0.2) is 9.97 Å². The molecule has 156 valence electrons. The van der Waals surface area contributed by atoms with E-state index in [0.29, 0.717) is 0 Å². The van der Waals surface area contributed by atoms with E-state index in [2.05, 4.69) is 106 Å². The van der Waals surface area contributed by atoms with Crippen LogP contribution >= 0.6 is 22.6 Å². The second-order valence-corrected chi connectivity index (χ2v) is 9.14. The summed E-state index contributed by atoms with van der Waals surface area (Å²) in [5.41, 5.74) is 5.49. The fraction of sp³-hybridized carbons (Fsp3) is 0. The van der Waals surface area contributed by atoms with Crippen molar-refractivity contribution in [2.75, 3.05) is 0 Å². The van der Waals surface area contributed by atoms with E-state index in [-0.39, 0.29) is 0 Å². The van der Waals surface area contributed by atoms with Gasteiger partial charge in [0.1, 0.15) is 3.70 Å². The average molecular weight is 534 g/mol. The third kappa shape index (κ3) is 3.79. The third-order valence-electron chi connectivity index (χ3n) is 5.99. The van der Waals surface area contributed by atoms with Gasteiger partial charge in [-0.25, -0.2) is 9.97 Å². The molecule has 0 atom stereocenters. The van der Waals surface area contributed by atoms with Gasteiger partial charge < -0.3 is 0 Å². The fourth-order valence-corrected chi connectivity index (χ4v) is 4.92. The molecule has 2 nitrogen and oxygen atoms in total. The van der Waals surface area contributed by atoms with Gasteiger partial charge in [-0.1, -0.05) is 103 Å². The maximum atomic E-state index is 4.85. The Bertz CT molecular complexity index is 1610. The Labute approximate surface area is 206 Å². The molecule has 6 aromatic rings. The summed E-state index contributed by atoms with van der Waals surface area (Å²) in [6, 6.07) is 40.4. The van der Waals surface area contributed by atoms with Gasteiger partial charge in [0.2, 0.25) is 0 Å². The van der Waals surface area contributed by atoms with Gasteiger partial charge in [-0.2, -0.15) is 0 Å². The zero-order valence-electron chi connectivity index (χ0n) is 17.7. The minimum absolute atomic E-state index is 0.752. The van der Waals surface area contributed by atoms with Crippen molar-refractivity contribution in [2.45, 2.75) is 0 Å². The zero-order chi connectivity index (χ0) is 22.2. The molecule has 0 N–H and O–H groups in total. The number of rotatable bonds is 3. The zero-order valence-corrected chi connectivity index (χ0v) is 19.9. The molecule has 0 saturated heterocycles. The molecule has 0 saturated carbocycles. The summed E-state index contributed by atoms with van der Waals surface area (Å²) in [7, 11) is 0. The minimum atomic E-state index is 0.752. The van der Waals surface area contributed by atoms with Crippen LogP contribution in [0.5, 0.6) is 0 Å². The summed E-state index contributed by atoms with van der Waals surface area (Å²) in [5, 5.41) is 5.10. The van der Waals surface area contributed by atoms with E-state index in [9.17, 15) is 0 Å². The molecular formula is C30H19IN2.